The van der Waals surface area contributed by atoms with Crippen molar-refractivity contribution in [1.29, 1.82) is 0 Å². The molecule has 0 bridgehead atoms. The second kappa shape index (κ2) is 8.23. The van der Waals surface area contributed by atoms with Gasteiger partial charge < -0.3 is 9.47 Å². The lowest BCUT2D eigenvalue weighted by molar-refractivity contribution is 0.152. The predicted molar refractivity (Wildman–Crippen MR) is 87.5 cm³/mol. The summed E-state index contributed by atoms with van der Waals surface area (Å²) in [5.41, 5.74) is 2.46. The Balaban J connectivity index is 1.89. The maximum atomic E-state index is 11.8. The van der Waals surface area contributed by atoms with Crippen molar-refractivity contribution in [1.82, 2.24) is 0 Å². The van der Waals surface area contributed by atoms with Crippen LogP contribution in [0.4, 0.5) is 4.79 Å². The summed E-state index contributed by atoms with van der Waals surface area (Å²) in [6.45, 7) is 4.27. The molecular formula is C19H22O3. The van der Waals surface area contributed by atoms with Crippen LogP contribution in [0.25, 0.3) is 0 Å². The zero-order chi connectivity index (χ0) is 15.8. The van der Waals surface area contributed by atoms with Crippen LogP contribution in [0.5, 0.6) is 11.5 Å². The van der Waals surface area contributed by atoms with E-state index in [9.17, 15) is 4.79 Å². The van der Waals surface area contributed by atoms with Crippen LogP contribution in [-0.2, 0) is 12.8 Å². The van der Waals surface area contributed by atoms with Crippen LogP contribution in [0.3, 0.4) is 0 Å². The summed E-state index contributed by atoms with van der Waals surface area (Å²) in [5, 5.41) is 0. The van der Waals surface area contributed by atoms with Crippen LogP contribution in [-0.4, -0.2) is 6.16 Å². The van der Waals surface area contributed by atoms with Gasteiger partial charge in [0.25, 0.3) is 0 Å². The molecule has 0 fully saturated rings. The fraction of sp³-hybridized carbons (Fsp3) is 0.316. The highest BCUT2D eigenvalue weighted by Gasteiger charge is 2.08. The van der Waals surface area contributed by atoms with Crippen LogP contribution in [0, 0.1) is 0 Å². The summed E-state index contributed by atoms with van der Waals surface area (Å²) in [6.07, 6.45) is 3.52. The third kappa shape index (κ3) is 4.92. The highest BCUT2D eigenvalue weighted by atomic mass is 16.7. The van der Waals surface area contributed by atoms with Gasteiger partial charge in [-0.25, -0.2) is 4.79 Å². The molecule has 0 aromatic heterocycles. The Hall–Kier alpha value is -2.29. The first-order valence-corrected chi connectivity index (χ1v) is 7.78. The molecule has 0 radical (unpaired) electrons. The monoisotopic (exact) mass is 298 g/mol. The molecule has 22 heavy (non-hydrogen) atoms. The molecule has 116 valence electrons. The minimum atomic E-state index is -0.716. The fourth-order valence-corrected chi connectivity index (χ4v) is 2.24. The summed E-state index contributed by atoms with van der Waals surface area (Å²) in [7, 11) is 0. The predicted octanol–water partition coefficient (Wildman–Crippen LogP) is 5.17. The van der Waals surface area contributed by atoms with E-state index < -0.39 is 6.16 Å². The molecule has 2 rings (SSSR count). The van der Waals surface area contributed by atoms with E-state index in [-0.39, 0.29) is 0 Å². The number of benzene rings is 2. The van der Waals surface area contributed by atoms with Crippen molar-refractivity contribution in [3.63, 3.8) is 0 Å². The summed E-state index contributed by atoms with van der Waals surface area (Å²) in [5.74, 6) is 0.986. The number of carbonyl (C=O) groups is 1. The molecule has 0 N–H and O–H groups in total. The van der Waals surface area contributed by atoms with Crippen LogP contribution in [0.15, 0.2) is 48.5 Å². The molecule has 0 spiro atoms. The average molecular weight is 298 g/mol. The van der Waals surface area contributed by atoms with Gasteiger partial charge in [-0.05, 0) is 48.2 Å². The molecule has 2 aromatic carbocycles. The average Bonchev–Trinajstić information content (AvgIpc) is 2.52. The third-order valence-corrected chi connectivity index (χ3v) is 3.33. The minimum absolute atomic E-state index is 0.493. The Morgan fingerprint density at radius 3 is 1.41 bits per heavy atom. The van der Waals surface area contributed by atoms with Crippen LogP contribution >= 0.6 is 0 Å². The van der Waals surface area contributed by atoms with Crippen molar-refractivity contribution >= 4 is 6.16 Å². The summed E-state index contributed by atoms with van der Waals surface area (Å²) in [4.78, 5) is 11.8. The van der Waals surface area contributed by atoms with Crippen molar-refractivity contribution in [3.05, 3.63) is 59.7 Å². The molecule has 2 aromatic rings. The molecule has 0 saturated carbocycles. The van der Waals surface area contributed by atoms with E-state index in [1.165, 1.54) is 11.1 Å². The SMILES string of the molecule is CCCc1ccc(OC(=O)Oc2ccc(CCC)cc2)cc1. The summed E-state index contributed by atoms with van der Waals surface area (Å²) in [6, 6.07) is 15.0. The summed E-state index contributed by atoms with van der Waals surface area (Å²) < 4.78 is 10.3. The second-order valence-electron chi connectivity index (χ2n) is 5.24. The molecular weight excluding hydrogens is 276 g/mol. The van der Waals surface area contributed by atoms with Gasteiger partial charge in [-0.2, -0.15) is 0 Å². The number of carbonyl (C=O) groups excluding carboxylic acids is 1. The third-order valence-electron chi connectivity index (χ3n) is 3.33. The van der Waals surface area contributed by atoms with Crippen molar-refractivity contribution in [2.75, 3.05) is 0 Å². The van der Waals surface area contributed by atoms with Crippen molar-refractivity contribution in [3.8, 4) is 11.5 Å². The van der Waals surface area contributed by atoms with Gasteiger partial charge in [0.05, 0.1) is 0 Å². The topological polar surface area (TPSA) is 35.5 Å². The van der Waals surface area contributed by atoms with Gasteiger partial charge >= 0.3 is 6.16 Å². The Kier molecular flexibility index (Phi) is 6.01. The number of rotatable bonds is 6. The van der Waals surface area contributed by atoms with Gasteiger partial charge in [-0.15, -0.1) is 0 Å². The van der Waals surface area contributed by atoms with E-state index in [0.717, 1.165) is 25.7 Å². The summed E-state index contributed by atoms with van der Waals surface area (Å²) >= 11 is 0. The number of aryl methyl sites for hydroxylation is 2. The maximum Gasteiger partial charge on any atom is 0.519 e. The molecule has 3 heteroatoms. The molecule has 3 nitrogen and oxygen atoms in total. The van der Waals surface area contributed by atoms with Crippen LogP contribution in [0.2, 0.25) is 0 Å². The Labute approximate surface area is 131 Å². The quantitative estimate of drug-likeness (QED) is 0.545. The van der Waals surface area contributed by atoms with E-state index in [1.807, 2.05) is 24.3 Å². The van der Waals surface area contributed by atoms with Gasteiger partial charge in [0.1, 0.15) is 11.5 Å². The molecule has 0 aliphatic carbocycles. The lowest BCUT2D eigenvalue weighted by Crippen LogP contribution is -2.13. The maximum absolute atomic E-state index is 11.8. The van der Waals surface area contributed by atoms with Crippen molar-refractivity contribution in [2.45, 2.75) is 39.5 Å². The first-order chi connectivity index (χ1) is 10.7. The molecule has 0 saturated heterocycles. The Bertz CT molecular complexity index is 532. The van der Waals surface area contributed by atoms with Crippen molar-refractivity contribution in [2.24, 2.45) is 0 Å². The lowest BCUT2D eigenvalue weighted by Gasteiger charge is -2.07. The van der Waals surface area contributed by atoms with Crippen molar-refractivity contribution < 1.29 is 14.3 Å². The molecule has 0 unspecified atom stereocenters. The van der Waals surface area contributed by atoms with Gasteiger partial charge in [-0.3, -0.25) is 0 Å². The van der Waals surface area contributed by atoms with Gasteiger partial charge in [0, 0.05) is 0 Å². The standard InChI is InChI=1S/C19H22O3/c1-3-5-15-7-11-17(12-8-15)21-19(20)22-18-13-9-16(6-4-2)10-14-18/h7-14H,3-6H2,1-2H3. The van der Waals surface area contributed by atoms with E-state index in [2.05, 4.69) is 13.8 Å². The number of ether oxygens (including phenoxy) is 2. The highest BCUT2D eigenvalue weighted by molar-refractivity contribution is 5.67. The second-order valence-corrected chi connectivity index (χ2v) is 5.24. The smallest absolute Gasteiger partial charge is 0.395 e. The largest absolute Gasteiger partial charge is 0.519 e. The molecule has 0 heterocycles. The highest BCUT2D eigenvalue weighted by Crippen LogP contribution is 2.17. The number of hydrogen-bond acceptors (Lipinski definition) is 3. The van der Waals surface area contributed by atoms with Crippen LogP contribution in [0.1, 0.15) is 37.8 Å². The normalized spacial score (nSPS) is 10.3. The Morgan fingerprint density at radius 1 is 0.727 bits per heavy atom. The molecule has 0 aliphatic heterocycles. The van der Waals surface area contributed by atoms with Gasteiger partial charge in [0.15, 0.2) is 0 Å². The van der Waals surface area contributed by atoms with Gasteiger partial charge in [0.2, 0.25) is 0 Å². The zero-order valence-corrected chi connectivity index (χ0v) is 13.2. The van der Waals surface area contributed by atoms with E-state index in [1.54, 1.807) is 24.3 Å². The van der Waals surface area contributed by atoms with Gasteiger partial charge in [-0.1, -0.05) is 51.0 Å². The number of hydrogen-bond donors (Lipinski definition) is 0. The fourth-order valence-electron chi connectivity index (χ4n) is 2.24. The van der Waals surface area contributed by atoms with E-state index in [0.29, 0.717) is 11.5 Å². The lowest BCUT2D eigenvalue weighted by atomic mass is 10.1. The first kappa shape index (κ1) is 16.1. The first-order valence-electron chi connectivity index (χ1n) is 7.78. The van der Waals surface area contributed by atoms with E-state index >= 15 is 0 Å². The zero-order valence-electron chi connectivity index (χ0n) is 13.2. The molecule has 0 amide bonds. The van der Waals surface area contributed by atoms with E-state index in [4.69, 9.17) is 9.47 Å². The minimum Gasteiger partial charge on any atom is -0.395 e. The molecule has 0 aliphatic rings. The van der Waals surface area contributed by atoms with Crippen LogP contribution < -0.4 is 9.47 Å². The molecule has 0 atom stereocenters. The Morgan fingerprint density at radius 2 is 1.09 bits per heavy atom.